The van der Waals surface area contributed by atoms with Crippen LogP contribution in [0.1, 0.15) is 15.9 Å². The predicted molar refractivity (Wildman–Crippen MR) is 131 cm³/mol. The maximum Gasteiger partial charge on any atom is 0.349 e. The van der Waals surface area contributed by atoms with E-state index in [9.17, 15) is 24.3 Å². The van der Waals surface area contributed by atoms with Crippen molar-refractivity contribution >= 4 is 46.9 Å². The quantitative estimate of drug-likeness (QED) is 0.420. The Labute approximate surface area is 210 Å². The van der Waals surface area contributed by atoms with Crippen LogP contribution in [0.4, 0.5) is 10.6 Å². The first kappa shape index (κ1) is 25.7. The van der Waals surface area contributed by atoms with E-state index >= 15 is 0 Å². The number of hydrogen-bond acceptors (Lipinski definition) is 5. The molecule has 1 heterocycles. The van der Waals surface area contributed by atoms with Crippen molar-refractivity contribution in [3.63, 3.8) is 0 Å². The van der Waals surface area contributed by atoms with Gasteiger partial charge in [-0.3, -0.25) is 9.36 Å². The minimum absolute atomic E-state index is 0.0232. The second kappa shape index (κ2) is 11.5. The summed E-state index contributed by atoms with van der Waals surface area (Å²) in [6, 6.07) is 13.0. The van der Waals surface area contributed by atoms with Crippen LogP contribution in [0.25, 0.3) is 0 Å². The van der Waals surface area contributed by atoms with Crippen molar-refractivity contribution in [2.75, 3.05) is 12.4 Å². The van der Waals surface area contributed by atoms with E-state index in [0.29, 0.717) is 0 Å². The van der Waals surface area contributed by atoms with Crippen LogP contribution in [0, 0.1) is 0 Å². The number of rotatable bonds is 8. The minimum Gasteiger partial charge on any atom is -0.480 e. The summed E-state index contributed by atoms with van der Waals surface area (Å²) in [5, 5.41) is 14.6. The molecule has 0 aliphatic rings. The summed E-state index contributed by atoms with van der Waals surface area (Å²) in [7, 11) is 1.53. The molecule has 0 spiro atoms. The topological polar surface area (TPSA) is 134 Å². The van der Waals surface area contributed by atoms with E-state index in [4.69, 9.17) is 23.2 Å². The van der Waals surface area contributed by atoms with Gasteiger partial charge in [-0.05, 0) is 23.8 Å². The maximum absolute atomic E-state index is 12.5. The number of anilines is 1. The number of nitrogens with zero attached hydrogens (tertiary/aromatic N) is 3. The third-order valence-corrected chi connectivity index (χ3v) is 5.52. The molecule has 0 saturated carbocycles. The zero-order valence-corrected chi connectivity index (χ0v) is 20.0. The van der Waals surface area contributed by atoms with Crippen molar-refractivity contribution in [2.45, 2.75) is 19.1 Å². The fraction of sp³-hybridized carbons (Fsp3) is 0.174. The second-order valence-corrected chi connectivity index (χ2v) is 8.29. The zero-order chi connectivity index (χ0) is 25.5. The summed E-state index contributed by atoms with van der Waals surface area (Å²) in [5.74, 6) is -2.07. The Morgan fingerprint density at radius 1 is 1.06 bits per heavy atom. The van der Waals surface area contributed by atoms with E-state index < -0.39 is 29.6 Å². The number of carboxylic acid groups (broad SMARTS) is 1. The van der Waals surface area contributed by atoms with E-state index in [1.54, 1.807) is 6.07 Å². The third kappa shape index (κ3) is 6.81. The zero-order valence-electron chi connectivity index (χ0n) is 18.4. The van der Waals surface area contributed by atoms with E-state index in [0.717, 1.165) is 10.1 Å². The molecule has 1 atom stereocenters. The van der Waals surface area contributed by atoms with Gasteiger partial charge in [0.1, 0.15) is 11.9 Å². The van der Waals surface area contributed by atoms with Gasteiger partial charge in [0.05, 0.1) is 22.2 Å². The number of carbonyl (C=O) groups is 3. The normalized spacial score (nSPS) is 11.4. The molecular formula is C23H21Cl2N5O5. The number of halogens is 2. The van der Waals surface area contributed by atoms with Gasteiger partial charge >= 0.3 is 17.7 Å². The maximum atomic E-state index is 12.5. The molecular weight excluding hydrogens is 497 g/mol. The SMILES string of the molecule is CN(Cc1ccccc1)C(=O)N[C@@H](Cn1ccc(NC(=O)c2c(Cl)cccc2Cl)nc1=O)C(=O)O. The van der Waals surface area contributed by atoms with Crippen LogP contribution in [-0.4, -0.2) is 50.6 Å². The van der Waals surface area contributed by atoms with Crippen molar-refractivity contribution in [3.8, 4) is 0 Å². The van der Waals surface area contributed by atoms with Crippen LogP contribution in [0.5, 0.6) is 0 Å². The number of nitrogens with one attached hydrogen (secondary N) is 2. The largest absolute Gasteiger partial charge is 0.480 e. The number of amides is 3. The van der Waals surface area contributed by atoms with Gasteiger partial charge in [0.2, 0.25) is 0 Å². The molecule has 182 valence electrons. The summed E-state index contributed by atoms with van der Waals surface area (Å²) in [6.07, 6.45) is 1.26. The lowest BCUT2D eigenvalue weighted by molar-refractivity contribution is -0.139. The van der Waals surface area contributed by atoms with E-state index in [-0.39, 0.29) is 34.5 Å². The van der Waals surface area contributed by atoms with Crippen molar-refractivity contribution < 1.29 is 19.5 Å². The van der Waals surface area contributed by atoms with Crippen molar-refractivity contribution in [1.29, 1.82) is 0 Å². The van der Waals surface area contributed by atoms with Gasteiger partial charge in [-0.15, -0.1) is 0 Å². The minimum atomic E-state index is -1.40. The van der Waals surface area contributed by atoms with Gasteiger partial charge in [-0.1, -0.05) is 59.6 Å². The van der Waals surface area contributed by atoms with Crippen LogP contribution in [0.2, 0.25) is 10.0 Å². The molecule has 0 aliphatic heterocycles. The molecule has 0 aliphatic carbocycles. The highest BCUT2D eigenvalue weighted by atomic mass is 35.5. The first-order chi connectivity index (χ1) is 16.7. The molecule has 0 bridgehead atoms. The van der Waals surface area contributed by atoms with E-state index in [1.165, 1.54) is 36.3 Å². The average Bonchev–Trinajstić information content (AvgIpc) is 2.80. The molecule has 2 aromatic carbocycles. The molecule has 0 radical (unpaired) electrons. The third-order valence-electron chi connectivity index (χ3n) is 4.89. The molecule has 0 saturated heterocycles. The summed E-state index contributed by atoms with van der Waals surface area (Å²) in [6.45, 7) is -0.110. The summed E-state index contributed by atoms with van der Waals surface area (Å²) < 4.78 is 1.01. The number of hydrogen-bond donors (Lipinski definition) is 3. The van der Waals surface area contributed by atoms with Gasteiger partial charge in [-0.25, -0.2) is 14.4 Å². The Hall–Kier alpha value is -3.89. The monoisotopic (exact) mass is 517 g/mol. The Bertz CT molecular complexity index is 1280. The van der Waals surface area contributed by atoms with Crippen molar-refractivity contribution in [1.82, 2.24) is 19.8 Å². The molecule has 3 rings (SSSR count). The molecule has 0 unspecified atom stereocenters. The Morgan fingerprint density at radius 2 is 1.71 bits per heavy atom. The number of aliphatic carboxylic acids is 1. The first-order valence-corrected chi connectivity index (χ1v) is 11.0. The van der Waals surface area contributed by atoms with Crippen LogP contribution in [-0.2, 0) is 17.9 Å². The fourth-order valence-corrected chi connectivity index (χ4v) is 3.67. The number of carbonyl (C=O) groups excluding carboxylic acids is 2. The summed E-state index contributed by atoms with van der Waals surface area (Å²) in [5.41, 5.74) is 0.0643. The second-order valence-electron chi connectivity index (χ2n) is 7.48. The van der Waals surface area contributed by atoms with Gasteiger partial charge in [0.25, 0.3) is 5.91 Å². The molecule has 1 aromatic heterocycles. The lowest BCUT2D eigenvalue weighted by Gasteiger charge is -2.22. The van der Waals surface area contributed by atoms with Crippen LogP contribution < -0.4 is 16.3 Å². The smallest absolute Gasteiger partial charge is 0.349 e. The van der Waals surface area contributed by atoms with Gasteiger partial charge in [0, 0.05) is 19.8 Å². The summed E-state index contributed by atoms with van der Waals surface area (Å²) >= 11 is 12.0. The molecule has 12 heteroatoms. The highest BCUT2D eigenvalue weighted by molar-refractivity contribution is 6.40. The van der Waals surface area contributed by atoms with Gasteiger partial charge < -0.3 is 20.6 Å². The number of urea groups is 1. The predicted octanol–water partition coefficient (Wildman–Crippen LogP) is 3.10. The number of benzene rings is 2. The Kier molecular flexibility index (Phi) is 8.45. The van der Waals surface area contributed by atoms with E-state index in [1.807, 2.05) is 30.3 Å². The van der Waals surface area contributed by atoms with Crippen LogP contribution >= 0.6 is 23.2 Å². The number of carboxylic acids is 1. The van der Waals surface area contributed by atoms with Crippen LogP contribution in [0.3, 0.4) is 0 Å². The number of aromatic nitrogens is 2. The summed E-state index contributed by atoms with van der Waals surface area (Å²) in [4.78, 5) is 54.2. The van der Waals surface area contributed by atoms with Gasteiger partial charge in [-0.2, -0.15) is 4.98 Å². The van der Waals surface area contributed by atoms with Crippen molar-refractivity contribution in [2.24, 2.45) is 0 Å². The van der Waals surface area contributed by atoms with E-state index in [2.05, 4.69) is 15.6 Å². The van der Waals surface area contributed by atoms with Crippen molar-refractivity contribution in [3.05, 3.63) is 92.5 Å². The lowest BCUT2D eigenvalue weighted by Crippen LogP contribution is -2.49. The molecule has 35 heavy (non-hydrogen) atoms. The lowest BCUT2D eigenvalue weighted by atomic mass is 10.2. The first-order valence-electron chi connectivity index (χ1n) is 10.3. The standard InChI is InChI=1S/C23H21Cl2N5O5/c1-29(12-14-6-3-2-4-7-14)22(34)26-17(21(32)33)13-30-11-10-18(28-23(30)35)27-20(31)19-15(24)8-5-9-16(19)25/h2-11,17H,12-13H2,1H3,(H,26,34)(H,32,33)(H,27,28,31,35)/t17-/m0/s1. The Morgan fingerprint density at radius 3 is 2.31 bits per heavy atom. The highest BCUT2D eigenvalue weighted by Gasteiger charge is 2.23. The average molecular weight is 518 g/mol. The van der Waals surface area contributed by atoms with Gasteiger partial charge in [0.15, 0.2) is 0 Å². The van der Waals surface area contributed by atoms with Crippen LogP contribution in [0.15, 0.2) is 65.6 Å². The molecule has 3 N–H and O–H groups in total. The molecule has 10 nitrogen and oxygen atoms in total. The molecule has 3 amide bonds. The molecule has 3 aromatic rings. The highest BCUT2D eigenvalue weighted by Crippen LogP contribution is 2.24. The fourth-order valence-electron chi connectivity index (χ4n) is 3.10. The Balaban J connectivity index is 1.67. The molecule has 0 fully saturated rings.